The first kappa shape index (κ1) is 13.8. The largest absolute Gasteiger partial charge is 0.329 e. The number of sulfonamides is 1. The molecule has 8 heteroatoms. The zero-order valence-electron chi connectivity index (χ0n) is 8.44. The molecule has 0 aromatic carbocycles. The Bertz CT molecular complexity index is 382. The predicted molar refractivity (Wildman–Crippen MR) is 54.9 cm³/mol. The minimum absolute atomic E-state index is 0.0932. The van der Waals surface area contributed by atoms with Gasteiger partial charge in [-0.25, -0.2) is 21.6 Å². The summed E-state index contributed by atoms with van der Waals surface area (Å²) < 4.78 is 46.3. The van der Waals surface area contributed by atoms with E-state index in [0.29, 0.717) is 0 Å². The molecule has 14 heavy (non-hydrogen) atoms. The summed E-state index contributed by atoms with van der Waals surface area (Å²) in [6.45, 7) is 3.25. The van der Waals surface area contributed by atoms with Gasteiger partial charge in [-0.3, -0.25) is 0 Å². The van der Waals surface area contributed by atoms with E-state index < -0.39 is 30.5 Å². The standard InChI is InChI=1S/C6H16N2O4S2/c1-6(2,4-7)8-14(11,12)5-13(3,9)10/h8H,4-5,7H2,1-3H3. The summed E-state index contributed by atoms with van der Waals surface area (Å²) in [5.74, 6) is 0. The highest BCUT2D eigenvalue weighted by Gasteiger charge is 2.26. The smallest absolute Gasteiger partial charge is 0.226 e. The summed E-state index contributed by atoms with van der Waals surface area (Å²) in [5, 5.41) is -0.913. The Morgan fingerprint density at radius 3 is 1.93 bits per heavy atom. The van der Waals surface area contributed by atoms with Crippen LogP contribution in [0.1, 0.15) is 13.8 Å². The van der Waals surface area contributed by atoms with E-state index in [1.165, 1.54) is 0 Å². The highest BCUT2D eigenvalue weighted by Crippen LogP contribution is 2.03. The molecule has 0 aliphatic carbocycles. The molecule has 6 nitrogen and oxygen atoms in total. The van der Waals surface area contributed by atoms with Crippen molar-refractivity contribution in [3.05, 3.63) is 0 Å². The van der Waals surface area contributed by atoms with Crippen molar-refractivity contribution in [3.8, 4) is 0 Å². The highest BCUT2D eigenvalue weighted by atomic mass is 32.3. The van der Waals surface area contributed by atoms with Gasteiger partial charge in [-0.2, -0.15) is 0 Å². The molecule has 0 radical (unpaired) electrons. The fourth-order valence-corrected chi connectivity index (χ4v) is 4.19. The number of nitrogens with two attached hydrogens (primary N) is 1. The van der Waals surface area contributed by atoms with Crippen LogP contribution in [0, 0.1) is 0 Å². The van der Waals surface area contributed by atoms with Crippen LogP contribution in [0.5, 0.6) is 0 Å². The lowest BCUT2D eigenvalue weighted by molar-refractivity contribution is 0.464. The topological polar surface area (TPSA) is 106 Å². The van der Waals surface area contributed by atoms with Crippen LogP contribution in [0.15, 0.2) is 0 Å². The Morgan fingerprint density at radius 2 is 1.64 bits per heavy atom. The van der Waals surface area contributed by atoms with Crippen LogP contribution in [0.3, 0.4) is 0 Å². The molecule has 0 saturated heterocycles. The van der Waals surface area contributed by atoms with Crippen LogP contribution in [-0.2, 0) is 19.9 Å². The molecular formula is C6H16N2O4S2. The summed E-state index contributed by atoms with van der Waals surface area (Å²) in [6, 6.07) is 0. The van der Waals surface area contributed by atoms with Crippen molar-refractivity contribution in [1.29, 1.82) is 0 Å². The van der Waals surface area contributed by atoms with Crippen molar-refractivity contribution in [3.63, 3.8) is 0 Å². The van der Waals surface area contributed by atoms with Crippen LogP contribution in [0.25, 0.3) is 0 Å². The second-order valence-corrected chi connectivity index (χ2v) is 8.08. The molecule has 0 aromatic heterocycles. The number of hydrogen-bond acceptors (Lipinski definition) is 5. The average Bonchev–Trinajstić information content (AvgIpc) is 1.78. The Labute approximate surface area is 84.8 Å². The van der Waals surface area contributed by atoms with E-state index in [1.54, 1.807) is 13.8 Å². The summed E-state index contributed by atoms with van der Waals surface area (Å²) in [7, 11) is -7.38. The maximum absolute atomic E-state index is 11.3. The number of sulfone groups is 1. The lowest BCUT2D eigenvalue weighted by atomic mass is 10.1. The first-order valence-corrected chi connectivity index (χ1v) is 7.58. The van der Waals surface area contributed by atoms with Gasteiger partial charge in [-0.05, 0) is 13.8 Å². The molecule has 0 aliphatic heterocycles. The summed E-state index contributed by atoms with van der Waals surface area (Å²) in [6.07, 6.45) is 0.863. The van der Waals surface area contributed by atoms with Crippen molar-refractivity contribution < 1.29 is 16.8 Å². The van der Waals surface area contributed by atoms with Gasteiger partial charge < -0.3 is 5.73 Å². The van der Waals surface area contributed by atoms with Crippen LogP contribution in [0.4, 0.5) is 0 Å². The van der Waals surface area contributed by atoms with Gasteiger partial charge in [0.2, 0.25) is 10.0 Å². The molecule has 0 aliphatic rings. The first-order valence-electron chi connectivity index (χ1n) is 3.87. The Kier molecular flexibility index (Phi) is 4.08. The van der Waals surface area contributed by atoms with Crippen LogP contribution in [-0.4, -0.2) is 40.3 Å². The van der Waals surface area contributed by atoms with Gasteiger partial charge in [-0.15, -0.1) is 0 Å². The molecule has 0 rings (SSSR count). The maximum atomic E-state index is 11.3. The molecule has 0 heterocycles. The third-order valence-electron chi connectivity index (χ3n) is 1.31. The molecule has 0 bridgehead atoms. The maximum Gasteiger partial charge on any atom is 0.226 e. The predicted octanol–water partition coefficient (Wildman–Crippen LogP) is -1.35. The van der Waals surface area contributed by atoms with Crippen molar-refractivity contribution in [2.45, 2.75) is 19.4 Å². The van der Waals surface area contributed by atoms with Gasteiger partial charge in [0.1, 0.15) is 0 Å². The fourth-order valence-electron chi connectivity index (χ4n) is 0.774. The summed E-state index contributed by atoms with van der Waals surface area (Å²) in [5.41, 5.74) is 4.47. The van der Waals surface area contributed by atoms with E-state index in [9.17, 15) is 16.8 Å². The molecule has 0 atom stereocenters. The van der Waals surface area contributed by atoms with Crippen molar-refractivity contribution in [2.75, 3.05) is 17.9 Å². The SMILES string of the molecule is CC(C)(CN)NS(=O)(=O)CS(C)(=O)=O. The van der Waals surface area contributed by atoms with Gasteiger partial charge in [-0.1, -0.05) is 0 Å². The molecule has 0 spiro atoms. The van der Waals surface area contributed by atoms with E-state index in [-0.39, 0.29) is 6.54 Å². The Morgan fingerprint density at radius 1 is 1.21 bits per heavy atom. The molecule has 0 saturated carbocycles. The molecule has 0 aromatic rings. The zero-order valence-corrected chi connectivity index (χ0v) is 10.1. The molecule has 0 amide bonds. The van der Waals surface area contributed by atoms with Crippen molar-refractivity contribution >= 4 is 19.9 Å². The molecule has 86 valence electrons. The minimum Gasteiger partial charge on any atom is -0.329 e. The van der Waals surface area contributed by atoms with Gasteiger partial charge in [0.15, 0.2) is 14.9 Å². The fraction of sp³-hybridized carbons (Fsp3) is 1.00. The number of hydrogen-bond donors (Lipinski definition) is 2. The number of rotatable bonds is 5. The van der Waals surface area contributed by atoms with Gasteiger partial charge >= 0.3 is 0 Å². The molecule has 3 N–H and O–H groups in total. The van der Waals surface area contributed by atoms with E-state index in [0.717, 1.165) is 6.26 Å². The van der Waals surface area contributed by atoms with Crippen molar-refractivity contribution in [2.24, 2.45) is 5.73 Å². The molecule has 0 unspecified atom stereocenters. The number of nitrogens with one attached hydrogen (secondary N) is 1. The third kappa shape index (κ3) is 6.30. The monoisotopic (exact) mass is 244 g/mol. The lowest BCUT2D eigenvalue weighted by Crippen LogP contribution is -2.50. The quantitative estimate of drug-likeness (QED) is 0.621. The van der Waals surface area contributed by atoms with Gasteiger partial charge in [0.25, 0.3) is 0 Å². The minimum atomic E-state index is -3.83. The van der Waals surface area contributed by atoms with Crippen LogP contribution < -0.4 is 10.5 Å². The second kappa shape index (κ2) is 4.13. The Hall–Kier alpha value is -0.180. The van der Waals surface area contributed by atoms with Gasteiger partial charge in [0.05, 0.1) is 0 Å². The summed E-state index contributed by atoms with van der Waals surface area (Å²) in [4.78, 5) is 0. The lowest BCUT2D eigenvalue weighted by Gasteiger charge is -2.23. The van der Waals surface area contributed by atoms with E-state index in [1.807, 2.05) is 0 Å². The third-order valence-corrected chi connectivity index (χ3v) is 5.13. The Balaban J connectivity index is 4.69. The van der Waals surface area contributed by atoms with Crippen LogP contribution >= 0.6 is 0 Å². The van der Waals surface area contributed by atoms with E-state index in [2.05, 4.69) is 4.72 Å². The zero-order chi connectivity index (χ0) is 11.6. The van der Waals surface area contributed by atoms with Crippen molar-refractivity contribution in [1.82, 2.24) is 4.72 Å². The normalized spacial score (nSPS) is 14.3. The second-order valence-electron chi connectivity index (χ2n) is 3.85. The van der Waals surface area contributed by atoms with Crippen LogP contribution in [0.2, 0.25) is 0 Å². The molecular weight excluding hydrogens is 228 g/mol. The first-order chi connectivity index (χ1) is 5.97. The van der Waals surface area contributed by atoms with Gasteiger partial charge in [0, 0.05) is 18.3 Å². The van der Waals surface area contributed by atoms with E-state index in [4.69, 9.17) is 5.73 Å². The summed E-state index contributed by atoms with van der Waals surface area (Å²) >= 11 is 0. The van der Waals surface area contributed by atoms with E-state index >= 15 is 0 Å². The average molecular weight is 244 g/mol. The highest BCUT2D eigenvalue weighted by molar-refractivity contribution is 8.06. The molecule has 0 fully saturated rings.